The molecule has 2 aromatic rings. The van der Waals surface area contributed by atoms with Gasteiger partial charge in [-0.25, -0.2) is 13.2 Å². The first-order valence-corrected chi connectivity index (χ1v) is 8.98. The largest absolute Gasteiger partial charge is 0.351 e. The van der Waals surface area contributed by atoms with Crippen LogP contribution in [0.4, 0.5) is 18.9 Å². The van der Waals surface area contributed by atoms with E-state index in [0.29, 0.717) is 18.4 Å². The molecule has 8 heteroatoms. The Morgan fingerprint density at radius 1 is 1.25 bits per heavy atom. The Morgan fingerprint density at radius 3 is 2.68 bits per heavy atom. The summed E-state index contributed by atoms with van der Waals surface area (Å²) in [5, 5.41) is 2.66. The number of nitrogens with one attached hydrogen (secondary N) is 1. The molecular weight excluding hydrogens is 371 g/mol. The predicted octanol–water partition coefficient (Wildman–Crippen LogP) is 2.94. The van der Waals surface area contributed by atoms with Crippen molar-refractivity contribution in [1.29, 1.82) is 0 Å². The summed E-state index contributed by atoms with van der Waals surface area (Å²) in [4.78, 5) is 30.3. The third kappa shape index (κ3) is 2.93. The first kappa shape index (κ1) is 18.5. The van der Waals surface area contributed by atoms with E-state index in [1.54, 1.807) is 12.1 Å². The van der Waals surface area contributed by atoms with E-state index in [2.05, 4.69) is 10.3 Å². The van der Waals surface area contributed by atoms with Gasteiger partial charge in [-0.05, 0) is 24.0 Å². The number of hydrogen-bond donors (Lipinski definition) is 1. The van der Waals surface area contributed by atoms with Gasteiger partial charge in [-0.2, -0.15) is 0 Å². The number of hydrogen-bond acceptors (Lipinski definition) is 3. The smallest absolute Gasteiger partial charge is 0.252 e. The molecule has 0 radical (unpaired) electrons. The highest BCUT2D eigenvalue weighted by Crippen LogP contribution is 2.45. The summed E-state index contributed by atoms with van der Waals surface area (Å²) >= 11 is 0. The van der Waals surface area contributed by atoms with Gasteiger partial charge in [0.25, 0.3) is 11.8 Å². The zero-order chi connectivity index (χ0) is 19.9. The highest BCUT2D eigenvalue weighted by Gasteiger charge is 2.53. The molecule has 0 spiro atoms. The summed E-state index contributed by atoms with van der Waals surface area (Å²) in [6, 6.07) is 7.63. The number of aryl methyl sites for hydroxylation is 1. The highest BCUT2D eigenvalue weighted by molar-refractivity contribution is 5.98. The lowest BCUT2D eigenvalue weighted by Crippen LogP contribution is -2.60. The summed E-state index contributed by atoms with van der Waals surface area (Å²) in [5.74, 6) is -3.98. The number of rotatable bonds is 5. The van der Waals surface area contributed by atoms with Crippen LogP contribution >= 0.6 is 0 Å². The first-order chi connectivity index (χ1) is 13.4. The predicted molar refractivity (Wildman–Crippen MR) is 95.3 cm³/mol. The SMILES string of the molecule is O=CN(c1cncc(F)c1)C1(C(=O)NC2CC(F)(F)C2)CCc2ccccc21. The summed E-state index contributed by atoms with van der Waals surface area (Å²) in [7, 11) is 0. The number of halogens is 3. The standard InChI is InChI=1S/C20H18F3N3O2/c21-14-7-16(11-24-10-14)26(12-27)20(6-5-13-3-1-2-4-17(13)20)18(28)25-15-8-19(22,23)9-15/h1-4,7,10-12,15H,5-6,8-9H2,(H,25,28). The fourth-order valence-electron chi connectivity index (χ4n) is 4.16. The molecule has 28 heavy (non-hydrogen) atoms. The summed E-state index contributed by atoms with van der Waals surface area (Å²) in [6.45, 7) is 0. The van der Waals surface area contributed by atoms with Gasteiger partial charge in [-0.1, -0.05) is 24.3 Å². The second-order valence-electron chi connectivity index (χ2n) is 7.29. The number of carbonyl (C=O) groups is 2. The highest BCUT2D eigenvalue weighted by atomic mass is 19.3. The number of aromatic nitrogens is 1. The number of fused-ring (bicyclic) bond motifs is 1. The van der Waals surface area contributed by atoms with Crippen molar-refractivity contribution >= 4 is 18.0 Å². The number of anilines is 1. The topological polar surface area (TPSA) is 62.3 Å². The molecule has 1 N–H and O–H groups in total. The molecule has 1 unspecified atom stereocenters. The van der Waals surface area contributed by atoms with Crippen molar-refractivity contribution in [2.24, 2.45) is 0 Å². The van der Waals surface area contributed by atoms with Crippen LogP contribution < -0.4 is 10.2 Å². The number of alkyl halides is 2. The van der Waals surface area contributed by atoms with Crippen molar-refractivity contribution in [3.05, 3.63) is 59.7 Å². The van der Waals surface area contributed by atoms with E-state index in [1.807, 2.05) is 12.1 Å². The fraction of sp³-hybridized carbons (Fsp3) is 0.350. The van der Waals surface area contributed by atoms with Gasteiger partial charge in [0.1, 0.15) is 5.82 Å². The second-order valence-corrected chi connectivity index (χ2v) is 7.29. The molecule has 2 aliphatic rings. The molecule has 5 nitrogen and oxygen atoms in total. The third-order valence-electron chi connectivity index (χ3n) is 5.51. The molecule has 1 aromatic carbocycles. The third-order valence-corrected chi connectivity index (χ3v) is 5.51. The van der Waals surface area contributed by atoms with E-state index in [1.165, 1.54) is 6.20 Å². The van der Waals surface area contributed by atoms with Crippen LogP contribution in [0, 0.1) is 5.82 Å². The maximum atomic E-state index is 13.7. The maximum Gasteiger partial charge on any atom is 0.252 e. The molecule has 2 amide bonds. The molecule has 1 saturated carbocycles. The van der Waals surface area contributed by atoms with Gasteiger partial charge < -0.3 is 5.32 Å². The normalized spacial score (nSPS) is 22.8. The monoisotopic (exact) mass is 389 g/mol. The summed E-state index contributed by atoms with van der Waals surface area (Å²) < 4.78 is 40.2. The van der Waals surface area contributed by atoms with Gasteiger partial charge in [0.05, 0.1) is 18.1 Å². The van der Waals surface area contributed by atoms with Crippen molar-refractivity contribution in [3.8, 4) is 0 Å². The second kappa shape index (κ2) is 6.61. The van der Waals surface area contributed by atoms with Crippen LogP contribution in [0.3, 0.4) is 0 Å². The van der Waals surface area contributed by atoms with Crippen LogP contribution in [-0.2, 0) is 21.5 Å². The van der Waals surface area contributed by atoms with Crippen LogP contribution in [0.15, 0.2) is 42.7 Å². The molecule has 2 aliphatic carbocycles. The molecule has 1 atom stereocenters. The zero-order valence-electron chi connectivity index (χ0n) is 14.9. The molecule has 1 heterocycles. The molecule has 0 aliphatic heterocycles. The van der Waals surface area contributed by atoms with Crippen LogP contribution in [0.1, 0.15) is 30.4 Å². The molecule has 146 valence electrons. The van der Waals surface area contributed by atoms with Gasteiger partial charge in [0.2, 0.25) is 6.41 Å². The quantitative estimate of drug-likeness (QED) is 0.800. The average Bonchev–Trinajstić information content (AvgIpc) is 3.02. The van der Waals surface area contributed by atoms with Crippen LogP contribution in [0.2, 0.25) is 0 Å². The molecule has 1 aromatic heterocycles. The number of benzene rings is 1. The van der Waals surface area contributed by atoms with Crippen LogP contribution in [-0.4, -0.2) is 29.3 Å². The maximum absolute atomic E-state index is 13.7. The number of amides is 2. The van der Waals surface area contributed by atoms with E-state index in [0.717, 1.165) is 22.7 Å². The Kier molecular flexibility index (Phi) is 4.36. The van der Waals surface area contributed by atoms with Crippen LogP contribution in [0.25, 0.3) is 0 Å². The zero-order valence-corrected chi connectivity index (χ0v) is 14.9. The number of nitrogens with zero attached hydrogens (tertiary/aromatic N) is 2. The molecule has 0 saturated heterocycles. The summed E-state index contributed by atoms with van der Waals surface area (Å²) in [5.41, 5.74) is 0.169. The van der Waals surface area contributed by atoms with Gasteiger partial charge >= 0.3 is 0 Å². The minimum absolute atomic E-state index is 0.126. The Hall–Kier alpha value is -2.90. The Bertz CT molecular complexity index is 928. The molecule has 0 bridgehead atoms. The Labute approximate surface area is 159 Å². The fourth-order valence-corrected chi connectivity index (χ4v) is 4.16. The minimum Gasteiger partial charge on any atom is -0.351 e. The first-order valence-electron chi connectivity index (χ1n) is 8.98. The van der Waals surface area contributed by atoms with Gasteiger partial charge in [0.15, 0.2) is 5.54 Å². The lowest BCUT2D eigenvalue weighted by Gasteiger charge is -2.42. The number of carbonyl (C=O) groups excluding carboxylic acids is 2. The van der Waals surface area contributed by atoms with Crippen molar-refractivity contribution < 1.29 is 22.8 Å². The van der Waals surface area contributed by atoms with E-state index < -0.39 is 42.1 Å². The van der Waals surface area contributed by atoms with Gasteiger partial charge in [0, 0.05) is 24.9 Å². The average molecular weight is 389 g/mol. The lowest BCUT2D eigenvalue weighted by atomic mass is 9.84. The lowest BCUT2D eigenvalue weighted by molar-refractivity contribution is -0.135. The van der Waals surface area contributed by atoms with E-state index in [-0.39, 0.29) is 12.1 Å². The van der Waals surface area contributed by atoms with Gasteiger partial charge in [-0.3, -0.25) is 19.5 Å². The molecule has 4 rings (SSSR count). The molecular formula is C20H18F3N3O2. The van der Waals surface area contributed by atoms with E-state index in [4.69, 9.17) is 0 Å². The van der Waals surface area contributed by atoms with Crippen molar-refractivity contribution in [2.75, 3.05) is 4.90 Å². The van der Waals surface area contributed by atoms with Crippen molar-refractivity contribution in [3.63, 3.8) is 0 Å². The summed E-state index contributed by atoms with van der Waals surface area (Å²) in [6.07, 6.45) is 2.68. The van der Waals surface area contributed by atoms with E-state index in [9.17, 15) is 22.8 Å². The van der Waals surface area contributed by atoms with Crippen molar-refractivity contribution in [2.45, 2.75) is 43.2 Å². The Balaban J connectivity index is 1.76. The minimum atomic E-state index is -2.78. The van der Waals surface area contributed by atoms with Gasteiger partial charge in [-0.15, -0.1) is 0 Å². The number of pyridine rings is 1. The Morgan fingerprint density at radius 2 is 2.00 bits per heavy atom. The molecule has 1 fully saturated rings. The van der Waals surface area contributed by atoms with Crippen molar-refractivity contribution in [1.82, 2.24) is 10.3 Å². The van der Waals surface area contributed by atoms with Crippen LogP contribution in [0.5, 0.6) is 0 Å². The van der Waals surface area contributed by atoms with E-state index >= 15 is 0 Å².